The molecule has 3 rings (SSSR count). The van der Waals surface area contributed by atoms with Crippen LogP contribution >= 0.6 is 0 Å². The van der Waals surface area contributed by atoms with Crippen molar-refractivity contribution in [2.24, 2.45) is 5.92 Å². The first-order valence-electron chi connectivity index (χ1n) is 8.83. The van der Waals surface area contributed by atoms with E-state index < -0.39 is 16.8 Å². The van der Waals surface area contributed by atoms with Crippen molar-refractivity contribution in [1.82, 2.24) is 9.97 Å². The Hall–Kier alpha value is -3.23. The van der Waals surface area contributed by atoms with Crippen LogP contribution in [0, 0.1) is 16.0 Å². The second-order valence-corrected chi connectivity index (χ2v) is 6.39. The molecule has 1 aliphatic rings. The van der Waals surface area contributed by atoms with Crippen molar-refractivity contribution in [3.8, 4) is 0 Å². The predicted molar refractivity (Wildman–Crippen MR) is 100 cm³/mol. The lowest BCUT2D eigenvalue weighted by molar-refractivity contribution is -0.383. The number of rotatable bonds is 6. The zero-order valence-electron chi connectivity index (χ0n) is 15.0. The number of aryl methyl sites for hydroxylation is 1. The normalized spacial score (nSPS) is 14.8. The molecule has 2 heterocycles. The molecule has 0 unspecified atom stereocenters. The topological polar surface area (TPSA) is 121 Å². The standard InChI is InChI=1S/C18H21N5O4/c1-2-12-5-3-4-6-14(12)21-16-15(23(26)27)17(20-11-19-16)22-9-7-13(8-10-22)18(24)25/h3-6,11,13H,2,7-10H2,1H3,(H,24,25)(H,19,20,21). The SMILES string of the molecule is CCc1ccccc1Nc1ncnc(N2CCC(C(=O)O)CC2)c1[N+](=O)[O-]. The highest BCUT2D eigenvalue weighted by molar-refractivity contribution is 5.76. The largest absolute Gasteiger partial charge is 0.481 e. The lowest BCUT2D eigenvalue weighted by atomic mass is 9.97. The van der Waals surface area contributed by atoms with E-state index in [2.05, 4.69) is 15.3 Å². The number of nitrogens with zero attached hydrogens (tertiary/aromatic N) is 4. The molecule has 1 saturated heterocycles. The van der Waals surface area contributed by atoms with Gasteiger partial charge in [0.25, 0.3) is 0 Å². The van der Waals surface area contributed by atoms with Gasteiger partial charge >= 0.3 is 11.7 Å². The number of para-hydroxylation sites is 1. The first-order valence-corrected chi connectivity index (χ1v) is 8.83. The van der Waals surface area contributed by atoms with E-state index in [4.69, 9.17) is 5.11 Å². The van der Waals surface area contributed by atoms with Crippen molar-refractivity contribution in [1.29, 1.82) is 0 Å². The third-order valence-corrected chi connectivity index (χ3v) is 4.78. The van der Waals surface area contributed by atoms with Crippen LogP contribution in [0.1, 0.15) is 25.3 Å². The Morgan fingerprint density at radius 3 is 2.67 bits per heavy atom. The summed E-state index contributed by atoms with van der Waals surface area (Å²) in [6, 6.07) is 7.57. The fraction of sp³-hybridized carbons (Fsp3) is 0.389. The maximum atomic E-state index is 11.8. The van der Waals surface area contributed by atoms with Gasteiger partial charge in [0.15, 0.2) is 0 Å². The molecule has 0 saturated carbocycles. The van der Waals surface area contributed by atoms with Gasteiger partial charge in [0, 0.05) is 18.8 Å². The van der Waals surface area contributed by atoms with Crippen LogP contribution in [0.4, 0.5) is 23.0 Å². The van der Waals surface area contributed by atoms with E-state index in [1.807, 2.05) is 31.2 Å². The Balaban J connectivity index is 1.92. The molecular weight excluding hydrogens is 350 g/mol. The third-order valence-electron chi connectivity index (χ3n) is 4.78. The van der Waals surface area contributed by atoms with Crippen molar-refractivity contribution in [3.05, 3.63) is 46.3 Å². The molecular formula is C18H21N5O4. The first kappa shape index (κ1) is 18.6. The van der Waals surface area contributed by atoms with E-state index in [0.717, 1.165) is 17.7 Å². The van der Waals surface area contributed by atoms with Crippen molar-refractivity contribution in [3.63, 3.8) is 0 Å². The smallest absolute Gasteiger partial charge is 0.353 e. The van der Waals surface area contributed by atoms with Gasteiger partial charge in [0.2, 0.25) is 11.6 Å². The van der Waals surface area contributed by atoms with Gasteiger partial charge in [0.1, 0.15) is 6.33 Å². The molecule has 9 nitrogen and oxygen atoms in total. The molecule has 0 radical (unpaired) electrons. The van der Waals surface area contributed by atoms with Gasteiger partial charge in [-0.3, -0.25) is 14.9 Å². The maximum Gasteiger partial charge on any atom is 0.353 e. The summed E-state index contributed by atoms with van der Waals surface area (Å²) in [5.41, 5.74) is 1.59. The molecule has 2 aromatic rings. The molecule has 1 fully saturated rings. The second kappa shape index (κ2) is 7.98. The number of carboxylic acids is 1. The number of nitro groups is 1. The minimum atomic E-state index is -0.828. The molecule has 27 heavy (non-hydrogen) atoms. The Kier molecular flexibility index (Phi) is 5.49. The number of hydrogen-bond donors (Lipinski definition) is 2. The van der Waals surface area contributed by atoms with Gasteiger partial charge in [-0.25, -0.2) is 9.97 Å². The Morgan fingerprint density at radius 2 is 2.04 bits per heavy atom. The van der Waals surface area contributed by atoms with Crippen LogP contribution in [0.15, 0.2) is 30.6 Å². The van der Waals surface area contributed by atoms with E-state index >= 15 is 0 Å². The number of anilines is 3. The number of carbonyl (C=O) groups is 1. The van der Waals surface area contributed by atoms with Crippen LogP contribution in [0.3, 0.4) is 0 Å². The van der Waals surface area contributed by atoms with Crippen LogP contribution in [0.2, 0.25) is 0 Å². The highest BCUT2D eigenvalue weighted by Gasteiger charge is 2.31. The quantitative estimate of drug-likeness (QED) is 0.587. The Morgan fingerprint density at radius 1 is 1.33 bits per heavy atom. The summed E-state index contributed by atoms with van der Waals surface area (Å²) in [4.78, 5) is 32.4. The molecule has 142 valence electrons. The number of aliphatic carboxylic acids is 1. The number of benzene rings is 1. The minimum absolute atomic E-state index is 0.131. The summed E-state index contributed by atoms with van der Waals surface area (Å²) < 4.78 is 0. The van der Waals surface area contributed by atoms with Crippen molar-refractivity contribution in [2.45, 2.75) is 26.2 Å². The fourth-order valence-corrected chi connectivity index (χ4v) is 3.28. The van der Waals surface area contributed by atoms with Crippen LogP contribution < -0.4 is 10.2 Å². The van der Waals surface area contributed by atoms with Gasteiger partial charge in [-0.1, -0.05) is 25.1 Å². The summed E-state index contributed by atoms with van der Waals surface area (Å²) in [7, 11) is 0. The zero-order chi connectivity index (χ0) is 19.4. The fourth-order valence-electron chi connectivity index (χ4n) is 3.28. The predicted octanol–water partition coefficient (Wildman–Crippen LogP) is 2.99. The second-order valence-electron chi connectivity index (χ2n) is 6.39. The molecule has 9 heteroatoms. The van der Waals surface area contributed by atoms with E-state index in [1.165, 1.54) is 6.33 Å². The molecule has 1 aliphatic heterocycles. The van der Waals surface area contributed by atoms with Gasteiger partial charge in [-0.2, -0.15) is 0 Å². The molecule has 0 bridgehead atoms. The summed E-state index contributed by atoms with van der Waals surface area (Å²) >= 11 is 0. The molecule has 2 N–H and O–H groups in total. The average Bonchev–Trinajstić information content (AvgIpc) is 2.68. The van der Waals surface area contributed by atoms with Crippen LogP contribution in [0.25, 0.3) is 0 Å². The minimum Gasteiger partial charge on any atom is -0.481 e. The van der Waals surface area contributed by atoms with Gasteiger partial charge in [-0.15, -0.1) is 0 Å². The van der Waals surface area contributed by atoms with E-state index in [0.29, 0.717) is 25.9 Å². The average molecular weight is 371 g/mol. The van der Waals surface area contributed by atoms with Crippen LogP contribution in [0.5, 0.6) is 0 Å². The number of aromatic nitrogens is 2. The van der Waals surface area contributed by atoms with Crippen LogP contribution in [-0.4, -0.2) is 39.1 Å². The molecule has 0 aliphatic carbocycles. The lowest BCUT2D eigenvalue weighted by Gasteiger charge is -2.30. The van der Waals surface area contributed by atoms with E-state index in [-0.39, 0.29) is 17.3 Å². The van der Waals surface area contributed by atoms with Crippen molar-refractivity contribution >= 4 is 29.0 Å². The molecule has 0 amide bonds. The number of nitrogens with one attached hydrogen (secondary N) is 1. The summed E-state index contributed by atoms with van der Waals surface area (Å²) in [5, 5.41) is 24.0. The monoisotopic (exact) mass is 371 g/mol. The Bertz CT molecular complexity index is 849. The Labute approximate surface area is 156 Å². The van der Waals surface area contributed by atoms with E-state index in [1.54, 1.807) is 4.90 Å². The molecule has 1 aromatic carbocycles. The zero-order valence-corrected chi connectivity index (χ0v) is 15.0. The first-order chi connectivity index (χ1) is 13.0. The third kappa shape index (κ3) is 3.97. The van der Waals surface area contributed by atoms with Gasteiger partial charge < -0.3 is 15.3 Å². The highest BCUT2D eigenvalue weighted by atomic mass is 16.6. The van der Waals surface area contributed by atoms with Gasteiger partial charge in [-0.05, 0) is 30.9 Å². The summed E-state index contributed by atoms with van der Waals surface area (Å²) in [5.74, 6) is -0.900. The summed E-state index contributed by atoms with van der Waals surface area (Å²) in [6.45, 7) is 2.81. The molecule has 0 atom stereocenters. The maximum absolute atomic E-state index is 11.8. The van der Waals surface area contributed by atoms with E-state index in [9.17, 15) is 14.9 Å². The van der Waals surface area contributed by atoms with Crippen molar-refractivity contribution < 1.29 is 14.8 Å². The highest BCUT2D eigenvalue weighted by Crippen LogP contribution is 2.36. The van der Waals surface area contributed by atoms with Gasteiger partial charge in [0.05, 0.1) is 10.8 Å². The summed E-state index contributed by atoms with van der Waals surface area (Å²) in [6.07, 6.45) is 2.93. The molecule has 1 aromatic heterocycles. The number of hydrogen-bond acceptors (Lipinski definition) is 7. The van der Waals surface area contributed by atoms with Crippen LogP contribution in [-0.2, 0) is 11.2 Å². The number of carboxylic acid groups (broad SMARTS) is 1. The molecule has 0 spiro atoms. The van der Waals surface area contributed by atoms with Crippen molar-refractivity contribution in [2.75, 3.05) is 23.3 Å². The number of piperidine rings is 1. The lowest BCUT2D eigenvalue weighted by Crippen LogP contribution is -2.37.